The lowest BCUT2D eigenvalue weighted by atomic mass is 9.79. The molecule has 5 heteroatoms. The molecular weight excluding hydrogens is 268 g/mol. The molecule has 21 heavy (non-hydrogen) atoms. The Bertz CT molecular complexity index is 609. The summed E-state index contributed by atoms with van der Waals surface area (Å²) in [6.45, 7) is 0. The molecule has 1 N–H and O–H groups in total. The van der Waals surface area contributed by atoms with E-state index in [1.165, 1.54) is 0 Å². The maximum Gasteiger partial charge on any atom is 0.307 e. The van der Waals surface area contributed by atoms with Crippen molar-refractivity contribution in [1.82, 2.24) is 10.1 Å². The van der Waals surface area contributed by atoms with Gasteiger partial charge in [0.2, 0.25) is 5.89 Å². The van der Waals surface area contributed by atoms with Gasteiger partial charge < -0.3 is 9.63 Å². The Morgan fingerprint density at radius 1 is 1.24 bits per heavy atom. The molecule has 2 aromatic rings. The fraction of sp³-hybridized carbons (Fsp3) is 0.438. The minimum absolute atomic E-state index is 0.145. The number of carboxylic acid groups (broad SMARTS) is 1. The molecule has 0 spiro atoms. The Morgan fingerprint density at radius 2 is 2.00 bits per heavy atom. The van der Waals surface area contributed by atoms with Gasteiger partial charge in [-0.15, -0.1) is 0 Å². The van der Waals surface area contributed by atoms with Crippen molar-refractivity contribution in [3.8, 4) is 0 Å². The van der Waals surface area contributed by atoms with Crippen molar-refractivity contribution in [3.05, 3.63) is 47.6 Å². The van der Waals surface area contributed by atoms with Gasteiger partial charge in [-0.25, -0.2) is 0 Å². The molecule has 0 amide bonds. The van der Waals surface area contributed by atoms with Crippen molar-refractivity contribution >= 4 is 5.97 Å². The van der Waals surface area contributed by atoms with Crippen molar-refractivity contribution in [2.24, 2.45) is 5.92 Å². The highest BCUT2D eigenvalue weighted by atomic mass is 16.5. The molecule has 1 saturated carbocycles. The van der Waals surface area contributed by atoms with Crippen molar-refractivity contribution in [3.63, 3.8) is 0 Å². The van der Waals surface area contributed by atoms with Gasteiger partial charge in [-0.2, -0.15) is 4.98 Å². The zero-order chi connectivity index (χ0) is 14.7. The van der Waals surface area contributed by atoms with Gasteiger partial charge in [0.05, 0.1) is 11.8 Å². The minimum atomic E-state index is -0.762. The summed E-state index contributed by atoms with van der Waals surface area (Å²) in [7, 11) is 0. The largest absolute Gasteiger partial charge is 0.481 e. The number of hydrogen-bond donors (Lipinski definition) is 1. The number of carboxylic acids is 1. The summed E-state index contributed by atoms with van der Waals surface area (Å²) in [5, 5.41) is 13.3. The third-order valence-corrected chi connectivity index (χ3v) is 4.09. The molecule has 5 nitrogen and oxygen atoms in total. The monoisotopic (exact) mass is 286 g/mol. The van der Waals surface area contributed by atoms with Crippen LogP contribution in [0.4, 0.5) is 0 Å². The Morgan fingerprint density at radius 3 is 2.76 bits per heavy atom. The molecular formula is C16H18N2O3. The number of nitrogens with zero attached hydrogens (tertiary/aromatic N) is 2. The summed E-state index contributed by atoms with van der Waals surface area (Å²) in [5.41, 5.74) is 1.11. The van der Waals surface area contributed by atoms with E-state index in [1.54, 1.807) is 0 Å². The summed E-state index contributed by atoms with van der Waals surface area (Å²) in [6.07, 6.45) is 4.08. The first-order valence-corrected chi connectivity index (χ1v) is 7.33. The first-order chi connectivity index (χ1) is 10.2. The first kappa shape index (κ1) is 13.8. The number of rotatable bonds is 4. The summed E-state index contributed by atoms with van der Waals surface area (Å²) in [5.74, 6) is -0.210. The van der Waals surface area contributed by atoms with Gasteiger partial charge in [-0.3, -0.25) is 4.79 Å². The molecule has 2 unspecified atom stereocenters. The van der Waals surface area contributed by atoms with E-state index >= 15 is 0 Å². The summed E-state index contributed by atoms with van der Waals surface area (Å²) < 4.78 is 5.33. The first-order valence-electron chi connectivity index (χ1n) is 7.33. The predicted molar refractivity (Wildman–Crippen MR) is 75.9 cm³/mol. The Hall–Kier alpha value is -2.17. The Labute approximate surface area is 123 Å². The van der Waals surface area contributed by atoms with Crippen LogP contribution in [0.2, 0.25) is 0 Å². The molecule has 0 aliphatic heterocycles. The van der Waals surface area contributed by atoms with Crippen LogP contribution in [-0.2, 0) is 11.2 Å². The van der Waals surface area contributed by atoms with Crippen molar-refractivity contribution in [2.75, 3.05) is 0 Å². The van der Waals surface area contributed by atoms with Crippen molar-refractivity contribution in [1.29, 1.82) is 0 Å². The van der Waals surface area contributed by atoms with Crippen molar-refractivity contribution < 1.29 is 14.4 Å². The second kappa shape index (κ2) is 6.08. The summed E-state index contributed by atoms with van der Waals surface area (Å²) in [4.78, 5) is 15.8. The number of aliphatic carboxylic acids is 1. The van der Waals surface area contributed by atoms with Gasteiger partial charge >= 0.3 is 5.97 Å². The highest BCUT2D eigenvalue weighted by molar-refractivity contribution is 5.71. The normalized spacial score (nSPS) is 22.1. The second-order valence-corrected chi connectivity index (χ2v) is 5.55. The zero-order valence-corrected chi connectivity index (χ0v) is 11.7. The van der Waals surface area contributed by atoms with Crippen LogP contribution in [0.15, 0.2) is 34.9 Å². The molecule has 0 radical (unpaired) electrons. The molecule has 0 saturated heterocycles. The lowest BCUT2D eigenvalue weighted by molar-refractivity contribution is -0.143. The maximum atomic E-state index is 11.3. The lowest BCUT2D eigenvalue weighted by Crippen LogP contribution is -2.25. The third-order valence-electron chi connectivity index (χ3n) is 4.09. The second-order valence-electron chi connectivity index (χ2n) is 5.55. The van der Waals surface area contributed by atoms with Crippen LogP contribution in [-0.4, -0.2) is 21.2 Å². The molecule has 1 heterocycles. The molecule has 2 atom stereocenters. The van der Waals surface area contributed by atoms with Gasteiger partial charge in [-0.05, 0) is 18.4 Å². The van der Waals surface area contributed by atoms with Crippen LogP contribution in [0.5, 0.6) is 0 Å². The van der Waals surface area contributed by atoms with Gasteiger partial charge in [-0.1, -0.05) is 48.3 Å². The smallest absolute Gasteiger partial charge is 0.307 e. The molecule has 1 aliphatic carbocycles. The van der Waals surface area contributed by atoms with E-state index in [9.17, 15) is 9.90 Å². The molecule has 1 aromatic heterocycles. The number of hydrogen-bond acceptors (Lipinski definition) is 4. The van der Waals surface area contributed by atoms with Crippen LogP contribution in [0.1, 0.15) is 48.9 Å². The van der Waals surface area contributed by atoms with Crippen LogP contribution in [0.25, 0.3) is 0 Å². The van der Waals surface area contributed by atoms with Gasteiger partial charge in [0.1, 0.15) is 0 Å². The van der Waals surface area contributed by atoms with Crippen LogP contribution < -0.4 is 0 Å². The molecule has 1 aliphatic rings. The third kappa shape index (κ3) is 3.12. The Kier molecular flexibility index (Phi) is 3.99. The topological polar surface area (TPSA) is 76.2 Å². The Balaban J connectivity index is 1.76. The van der Waals surface area contributed by atoms with Gasteiger partial charge in [0, 0.05) is 6.42 Å². The van der Waals surface area contributed by atoms with Gasteiger partial charge in [0.25, 0.3) is 0 Å². The van der Waals surface area contributed by atoms with Crippen LogP contribution >= 0.6 is 0 Å². The van der Waals surface area contributed by atoms with Gasteiger partial charge in [0.15, 0.2) is 5.82 Å². The molecule has 110 valence electrons. The fourth-order valence-electron chi connectivity index (χ4n) is 2.99. The molecule has 1 fully saturated rings. The SMILES string of the molecule is O=C(O)C1CCCCC1c1nc(Cc2ccccc2)no1. The number of aromatic nitrogens is 2. The van der Waals surface area contributed by atoms with E-state index in [4.69, 9.17) is 4.52 Å². The fourth-order valence-corrected chi connectivity index (χ4v) is 2.99. The molecule has 1 aromatic carbocycles. The van der Waals surface area contributed by atoms with E-state index in [1.807, 2.05) is 30.3 Å². The highest BCUT2D eigenvalue weighted by Crippen LogP contribution is 2.37. The molecule has 3 rings (SSSR count). The van der Waals surface area contributed by atoms with E-state index in [0.29, 0.717) is 24.6 Å². The average Bonchev–Trinajstić information content (AvgIpc) is 2.96. The highest BCUT2D eigenvalue weighted by Gasteiger charge is 2.35. The summed E-state index contributed by atoms with van der Waals surface area (Å²) >= 11 is 0. The van der Waals surface area contributed by atoms with Crippen LogP contribution in [0, 0.1) is 5.92 Å². The van der Waals surface area contributed by atoms with Crippen molar-refractivity contribution in [2.45, 2.75) is 38.0 Å². The lowest BCUT2D eigenvalue weighted by Gasteiger charge is -2.25. The maximum absolute atomic E-state index is 11.3. The van der Waals surface area contributed by atoms with E-state index in [-0.39, 0.29) is 5.92 Å². The van der Waals surface area contributed by atoms with E-state index < -0.39 is 11.9 Å². The number of benzene rings is 1. The summed E-state index contributed by atoms with van der Waals surface area (Å²) in [6, 6.07) is 9.92. The average molecular weight is 286 g/mol. The van der Waals surface area contributed by atoms with Crippen LogP contribution in [0.3, 0.4) is 0 Å². The quantitative estimate of drug-likeness (QED) is 0.935. The van der Waals surface area contributed by atoms with E-state index in [0.717, 1.165) is 24.8 Å². The number of carbonyl (C=O) groups is 1. The predicted octanol–water partition coefficient (Wildman–Crippen LogP) is 3.02. The minimum Gasteiger partial charge on any atom is -0.481 e. The molecule has 0 bridgehead atoms. The standard InChI is InChI=1S/C16H18N2O3/c19-16(20)13-9-5-4-8-12(13)15-17-14(18-21-15)10-11-6-2-1-3-7-11/h1-3,6-7,12-13H,4-5,8-10H2,(H,19,20). The zero-order valence-electron chi connectivity index (χ0n) is 11.7. The van der Waals surface area contributed by atoms with E-state index in [2.05, 4.69) is 10.1 Å².